The van der Waals surface area contributed by atoms with Crippen LogP contribution in [-0.2, 0) is 14.8 Å². The molecule has 6 nitrogen and oxygen atoms in total. The third-order valence-electron chi connectivity index (χ3n) is 2.36. The van der Waals surface area contributed by atoms with E-state index in [-0.39, 0.29) is 23.6 Å². The number of sulfonamides is 1. The minimum atomic E-state index is -3.78. The van der Waals surface area contributed by atoms with Crippen LogP contribution in [0, 0.1) is 6.92 Å². The third-order valence-corrected chi connectivity index (χ3v) is 5.16. The lowest BCUT2D eigenvalue weighted by Gasteiger charge is -2.11. The van der Waals surface area contributed by atoms with Crippen molar-refractivity contribution in [2.45, 2.75) is 11.8 Å². The Morgan fingerprint density at radius 3 is 2.63 bits per heavy atom. The predicted octanol–water partition coefficient (Wildman–Crippen LogP) is 1.38. The molecule has 0 aliphatic carbocycles. The van der Waals surface area contributed by atoms with Crippen LogP contribution >= 0.6 is 15.9 Å². The van der Waals surface area contributed by atoms with E-state index in [1.54, 1.807) is 6.92 Å². The normalized spacial score (nSPS) is 11.5. The number of carbonyl (C=O) groups is 1. The summed E-state index contributed by atoms with van der Waals surface area (Å²) in [6.07, 6.45) is 0. The lowest BCUT2D eigenvalue weighted by Crippen LogP contribution is -2.27. The molecular weight excluding hydrogens is 338 g/mol. The topological polar surface area (TPSA) is 92.7 Å². The summed E-state index contributed by atoms with van der Waals surface area (Å²) in [5.74, 6) is -1.18. The lowest BCUT2D eigenvalue weighted by molar-refractivity contribution is 0.0696. The van der Waals surface area contributed by atoms with Crippen molar-refractivity contribution in [1.29, 1.82) is 0 Å². The molecule has 0 radical (unpaired) electrons. The van der Waals surface area contributed by atoms with E-state index in [0.29, 0.717) is 10.0 Å². The molecule has 0 heterocycles. The van der Waals surface area contributed by atoms with Crippen LogP contribution in [0.25, 0.3) is 0 Å². The number of halogens is 1. The summed E-state index contributed by atoms with van der Waals surface area (Å²) in [4.78, 5) is 10.9. The molecule has 0 saturated carbocycles. The summed E-state index contributed by atoms with van der Waals surface area (Å²) >= 11 is 3.16. The molecule has 0 aromatic heterocycles. The third kappa shape index (κ3) is 4.00. The number of carboxylic acids is 1. The Kier molecular flexibility index (Phi) is 5.48. The van der Waals surface area contributed by atoms with E-state index in [9.17, 15) is 13.2 Å². The number of methoxy groups -OCH3 is 1. The highest BCUT2D eigenvalue weighted by Gasteiger charge is 2.21. The fourth-order valence-corrected chi connectivity index (χ4v) is 3.47. The van der Waals surface area contributed by atoms with E-state index >= 15 is 0 Å². The largest absolute Gasteiger partial charge is 0.478 e. The van der Waals surface area contributed by atoms with E-state index in [1.807, 2.05) is 0 Å². The van der Waals surface area contributed by atoms with Gasteiger partial charge < -0.3 is 9.84 Å². The Morgan fingerprint density at radius 2 is 2.11 bits per heavy atom. The van der Waals surface area contributed by atoms with E-state index < -0.39 is 16.0 Å². The minimum Gasteiger partial charge on any atom is -0.478 e. The standard InChI is InChI=1S/C11H14BrNO5S/c1-7-5-8(11(14)15)6-9(10(7)12)19(16,17)13-3-4-18-2/h5-6,13H,3-4H2,1-2H3,(H,14,15). The first-order chi connectivity index (χ1) is 8.79. The molecule has 1 aromatic rings. The van der Waals surface area contributed by atoms with E-state index in [1.165, 1.54) is 13.2 Å². The van der Waals surface area contributed by atoms with Crippen molar-refractivity contribution >= 4 is 31.9 Å². The Balaban J connectivity index is 3.21. The Labute approximate surface area is 120 Å². The number of hydrogen-bond acceptors (Lipinski definition) is 4. The van der Waals surface area contributed by atoms with Gasteiger partial charge in [-0.05, 0) is 40.5 Å². The molecule has 19 heavy (non-hydrogen) atoms. The predicted molar refractivity (Wildman–Crippen MR) is 72.9 cm³/mol. The highest BCUT2D eigenvalue weighted by Crippen LogP contribution is 2.27. The van der Waals surface area contributed by atoms with Gasteiger partial charge in [0.25, 0.3) is 0 Å². The van der Waals surface area contributed by atoms with Crippen LogP contribution in [0.15, 0.2) is 21.5 Å². The van der Waals surface area contributed by atoms with Crippen molar-refractivity contribution in [2.75, 3.05) is 20.3 Å². The zero-order valence-electron chi connectivity index (χ0n) is 10.4. The molecule has 0 amide bonds. The van der Waals surface area contributed by atoms with Gasteiger partial charge in [-0.1, -0.05) is 0 Å². The molecular formula is C11H14BrNO5S. The molecule has 106 valence electrons. The average molecular weight is 352 g/mol. The van der Waals surface area contributed by atoms with Crippen molar-refractivity contribution < 1.29 is 23.1 Å². The summed E-state index contributed by atoms with van der Waals surface area (Å²) in [6, 6.07) is 2.52. The van der Waals surface area contributed by atoms with Gasteiger partial charge in [0.1, 0.15) is 0 Å². The Hall–Kier alpha value is -0.960. The van der Waals surface area contributed by atoms with Gasteiger partial charge in [0.2, 0.25) is 10.0 Å². The molecule has 2 N–H and O–H groups in total. The molecule has 0 aliphatic heterocycles. The zero-order valence-corrected chi connectivity index (χ0v) is 12.8. The van der Waals surface area contributed by atoms with Crippen LogP contribution in [0.1, 0.15) is 15.9 Å². The van der Waals surface area contributed by atoms with Crippen LogP contribution in [-0.4, -0.2) is 39.8 Å². The van der Waals surface area contributed by atoms with Crippen molar-refractivity contribution in [2.24, 2.45) is 0 Å². The summed E-state index contributed by atoms with van der Waals surface area (Å²) < 4.78 is 31.6. The van der Waals surface area contributed by atoms with E-state index in [0.717, 1.165) is 6.07 Å². The SMILES string of the molecule is COCCNS(=O)(=O)c1cc(C(=O)O)cc(C)c1Br. The maximum atomic E-state index is 12.1. The monoisotopic (exact) mass is 351 g/mol. The van der Waals surface area contributed by atoms with E-state index in [2.05, 4.69) is 20.7 Å². The number of hydrogen-bond donors (Lipinski definition) is 2. The summed E-state index contributed by atoms with van der Waals surface area (Å²) in [5, 5.41) is 8.95. The number of rotatable bonds is 6. The molecule has 8 heteroatoms. The van der Waals surface area contributed by atoms with Crippen molar-refractivity contribution in [3.63, 3.8) is 0 Å². The highest BCUT2D eigenvalue weighted by molar-refractivity contribution is 9.10. The van der Waals surface area contributed by atoms with E-state index in [4.69, 9.17) is 9.84 Å². The number of ether oxygens (including phenoxy) is 1. The molecule has 0 unspecified atom stereocenters. The Bertz CT molecular complexity index is 585. The van der Waals surface area contributed by atoms with Crippen molar-refractivity contribution in [3.05, 3.63) is 27.7 Å². The first kappa shape index (κ1) is 16.1. The first-order valence-electron chi connectivity index (χ1n) is 5.31. The van der Waals surface area contributed by atoms with Crippen LogP contribution in [0.2, 0.25) is 0 Å². The summed E-state index contributed by atoms with van der Waals surface area (Å²) in [5.41, 5.74) is 0.458. The van der Waals surface area contributed by atoms with Crippen LogP contribution < -0.4 is 4.72 Å². The second kappa shape index (κ2) is 6.47. The van der Waals surface area contributed by atoms with Crippen LogP contribution in [0.3, 0.4) is 0 Å². The molecule has 1 aromatic carbocycles. The summed E-state index contributed by atoms with van der Waals surface area (Å²) in [6.45, 7) is 1.97. The number of carboxylic acid groups (broad SMARTS) is 1. The molecule has 0 spiro atoms. The lowest BCUT2D eigenvalue weighted by atomic mass is 10.1. The minimum absolute atomic E-state index is 0.0761. The maximum absolute atomic E-state index is 12.1. The quantitative estimate of drug-likeness (QED) is 0.755. The molecule has 0 saturated heterocycles. The Morgan fingerprint density at radius 1 is 1.47 bits per heavy atom. The van der Waals surface area contributed by atoms with Gasteiger partial charge in [-0.3, -0.25) is 0 Å². The van der Waals surface area contributed by atoms with Gasteiger partial charge in [-0.15, -0.1) is 0 Å². The highest BCUT2D eigenvalue weighted by atomic mass is 79.9. The number of benzene rings is 1. The van der Waals surface area contributed by atoms with Gasteiger partial charge in [0.15, 0.2) is 0 Å². The second-order valence-electron chi connectivity index (χ2n) is 3.80. The van der Waals surface area contributed by atoms with Gasteiger partial charge in [-0.2, -0.15) is 0 Å². The van der Waals surface area contributed by atoms with Crippen LogP contribution in [0.5, 0.6) is 0 Å². The number of aromatic carboxylic acids is 1. The smallest absolute Gasteiger partial charge is 0.335 e. The summed E-state index contributed by atoms with van der Waals surface area (Å²) in [7, 11) is -2.32. The van der Waals surface area contributed by atoms with Crippen molar-refractivity contribution in [1.82, 2.24) is 4.72 Å². The second-order valence-corrected chi connectivity index (χ2v) is 6.33. The molecule has 0 fully saturated rings. The zero-order chi connectivity index (χ0) is 14.6. The number of nitrogens with one attached hydrogen (secondary N) is 1. The first-order valence-corrected chi connectivity index (χ1v) is 7.59. The fraction of sp³-hybridized carbons (Fsp3) is 0.364. The van der Waals surface area contributed by atoms with Gasteiger partial charge in [0, 0.05) is 18.1 Å². The van der Waals surface area contributed by atoms with Gasteiger partial charge >= 0.3 is 5.97 Å². The van der Waals surface area contributed by atoms with Crippen molar-refractivity contribution in [3.8, 4) is 0 Å². The maximum Gasteiger partial charge on any atom is 0.335 e. The molecule has 0 aliphatic rings. The average Bonchev–Trinajstić information content (AvgIpc) is 2.32. The van der Waals surface area contributed by atoms with Gasteiger partial charge in [-0.25, -0.2) is 17.9 Å². The number of aryl methyl sites for hydroxylation is 1. The molecule has 0 bridgehead atoms. The fourth-order valence-electron chi connectivity index (χ4n) is 1.41. The van der Waals surface area contributed by atoms with Crippen LogP contribution in [0.4, 0.5) is 0 Å². The molecule has 1 rings (SSSR count). The molecule has 0 atom stereocenters. The van der Waals surface area contributed by atoms with Gasteiger partial charge in [0.05, 0.1) is 17.1 Å².